The molecular formula is C12H19N3O3. The number of benzene rings is 1. The number of nitro benzene ring substituents is 1. The molecule has 100 valence electrons. The first-order chi connectivity index (χ1) is 8.59. The molecule has 0 radical (unpaired) electrons. The number of hydrogen-bond donors (Lipinski definition) is 3. The van der Waals surface area contributed by atoms with E-state index in [1.165, 1.54) is 6.07 Å². The molecule has 6 heteroatoms. The SMILES string of the molecule is C[C@@H](O)CNCCNCc1cccc([N+](=O)[O-])c1. The van der Waals surface area contributed by atoms with Crippen LogP contribution >= 0.6 is 0 Å². The quantitative estimate of drug-likeness (QED) is 0.360. The normalized spacial score (nSPS) is 12.3. The molecule has 1 atom stereocenters. The van der Waals surface area contributed by atoms with Gasteiger partial charge in [-0.05, 0) is 12.5 Å². The lowest BCUT2D eigenvalue weighted by molar-refractivity contribution is -0.384. The summed E-state index contributed by atoms with van der Waals surface area (Å²) in [5.74, 6) is 0. The topological polar surface area (TPSA) is 87.4 Å². The lowest BCUT2D eigenvalue weighted by Gasteiger charge is -2.08. The molecule has 1 aromatic rings. The Morgan fingerprint density at radius 1 is 1.39 bits per heavy atom. The lowest BCUT2D eigenvalue weighted by Crippen LogP contribution is -2.31. The van der Waals surface area contributed by atoms with Crippen LogP contribution in [-0.4, -0.2) is 35.8 Å². The molecule has 0 saturated heterocycles. The Labute approximate surface area is 106 Å². The zero-order chi connectivity index (χ0) is 13.4. The first kappa shape index (κ1) is 14.6. The van der Waals surface area contributed by atoms with E-state index >= 15 is 0 Å². The van der Waals surface area contributed by atoms with Gasteiger partial charge in [-0.15, -0.1) is 0 Å². The van der Waals surface area contributed by atoms with Crippen LogP contribution in [0.4, 0.5) is 5.69 Å². The summed E-state index contributed by atoms with van der Waals surface area (Å²) in [6, 6.07) is 6.58. The third-order valence-corrected chi connectivity index (χ3v) is 2.37. The van der Waals surface area contributed by atoms with Gasteiger partial charge in [-0.2, -0.15) is 0 Å². The molecule has 3 N–H and O–H groups in total. The zero-order valence-corrected chi connectivity index (χ0v) is 10.4. The first-order valence-corrected chi connectivity index (χ1v) is 5.92. The summed E-state index contributed by atoms with van der Waals surface area (Å²) < 4.78 is 0. The van der Waals surface area contributed by atoms with Crippen LogP contribution < -0.4 is 10.6 Å². The number of nitro groups is 1. The molecule has 0 saturated carbocycles. The second kappa shape index (κ2) is 7.75. The minimum Gasteiger partial charge on any atom is -0.392 e. The zero-order valence-electron chi connectivity index (χ0n) is 10.4. The van der Waals surface area contributed by atoms with Crippen molar-refractivity contribution in [3.05, 3.63) is 39.9 Å². The Morgan fingerprint density at radius 3 is 2.78 bits per heavy atom. The molecule has 1 aromatic carbocycles. The van der Waals surface area contributed by atoms with Crippen LogP contribution in [0.15, 0.2) is 24.3 Å². The van der Waals surface area contributed by atoms with Gasteiger partial charge in [-0.3, -0.25) is 10.1 Å². The average molecular weight is 253 g/mol. The monoisotopic (exact) mass is 253 g/mol. The summed E-state index contributed by atoms with van der Waals surface area (Å²) >= 11 is 0. The molecule has 6 nitrogen and oxygen atoms in total. The minimum atomic E-state index is -0.395. The van der Waals surface area contributed by atoms with E-state index in [1.807, 2.05) is 6.07 Å². The standard InChI is InChI=1S/C12H19N3O3/c1-10(16)8-13-5-6-14-9-11-3-2-4-12(7-11)15(17)18/h2-4,7,10,13-14,16H,5-6,8-9H2,1H3/t10-/m1/s1. The largest absolute Gasteiger partial charge is 0.392 e. The van der Waals surface area contributed by atoms with Gasteiger partial charge in [0.1, 0.15) is 0 Å². The molecule has 18 heavy (non-hydrogen) atoms. The molecular weight excluding hydrogens is 234 g/mol. The Kier molecular flexibility index (Phi) is 6.27. The van der Waals surface area contributed by atoms with Gasteiger partial charge in [0.25, 0.3) is 5.69 Å². The van der Waals surface area contributed by atoms with Gasteiger partial charge in [0, 0.05) is 38.3 Å². The molecule has 0 spiro atoms. The van der Waals surface area contributed by atoms with Gasteiger partial charge in [0.15, 0.2) is 0 Å². The maximum absolute atomic E-state index is 10.6. The number of non-ortho nitro benzene ring substituents is 1. The van der Waals surface area contributed by atoms with Gasteiger partial charge in [-0.1, -0.05) is 12.1 Å². The highest BCUT2D eigenvalue weighted by atomic mass is 16.6. The molecule has 0 heterocycles. The second-order valence-corrected chi connectivity index (χ2v) is 4.16. The molecule has 0 aliphatic heterocycles. The maximum atomic E-state index is 10.6. The summed E-state index contributed by atoms with van der Waals surface area (Å²) in [7, 11) is 0. The number of aliphatic hydroxyl groups is 1. The predicted molar refractivity (Wildman–Crippen MR) is 69.4 cm³/mol. The van der Waals surface area contributed by atoms with Crippen molar-refractivity contribution in [1.29, 1.82) is 0 Å². The minimum absolute atomic E-state index is 0.113. The van der Waals surface area contributed by atoms with Crippen molar-refractivity contribution < 1.29 is 10.0 Å². The number of aliphatic hydroxyl groups excluding tert-OH is 1. The van der Waals surface area contributed by atoms with Crippen LogP contribution in [-0.2, 0) is 6.54 Å². The summed E-state index contributed by atoms with van der Waals surface area (Å²) in [6.07, 6.45) is -0.346. The van der Waals surface area contributed by atoms with Crippen LogP contribution in [0.2, 0.25) is 0 Å². The van der Waals surface area contributed by atoms with Crippen LogP contribution in [0.5, 0.6) is 0 Å². The van der Waals surface area contributed by atoms with Crippen molar-refractivity contribution in [2.45, 2.75) is 19.6 Å². The van der Waals surface area contributed by atoms with Crippen molar-refractivity contribution in [2.24, 2.45) is 0 Å². The van der Waals surface area contributed by atoms with Crippen molar-refractivity contribution in [1.82, 2.24) is 10.6 Å². The molecule has 0 aliphatic carbocycles. The van der Waals surface area contributed by atoms with Gasteiger partial charge in [-0.25, -0.2) is 0 Å². The molecule has 0 fully saturated rings. The Morgan fingerprint density at radius 2 is 2.11 bits per heavy atom. The number of nitrogens with one attached hydrogen (secondary N) is 2. The van der Waals surface area contributed by atoms with E-state index in [1.54, 1.807) is 19.1 Å². The van der Waals surface area contributed by atoms with E-state index in [9.17, 15) is 10.1 Å². The third-order valence-electron chi connectivity index (χ3n) is 2.37. The fourth-order valence-corrected chi connectivity index (χ4v) is 1.50. The fraction of sp³-hybridized carbons (Fsp3) is 0.500. The summed E-state index contributed by atoms with van der Waals surface area (Å²) in [5, 5.41) is 25.9. The maximum Gasteiger partial charge on any atom is 0.269 e. The molecule has 1 rings (SSSR count). The van der Waals surface area contributed by atoms with Crippen molar-refractivity contribution in [3.63, 3.8) is 0 Å². The van der Waals surface area contributed by atoms with Crippen LogP contribution in [0, 0.1) is 10.1 Å². The Hall–Kier alpha value is -1.50. The average Bonchev–Trinajstić information content (AvgIpc) is 2.33. The van der Waals surface area contributed by atoms with Gasteiger partial charge >= 0.3 is 0 Å². The Balaban J connectivity index is 2.23. The fourth-order valence-electron chi connectivity index (χ4n) is 1.50. The number of hydrogen-bond acceptors (Lipinski definition) is 5. The van der Waals surface area contributed by atoms with E-state index in [4.69, 9.17) is 5.11 Å². The van der Waals surface area contributed by atoms with Crippen LogP contribution in [0.25, 0.3) is 0 Å². The third kappa shape index (κ3) is 5.72. The molecule has 0 unspecified atom stereocenters. The highest BCUT2D eigenvalue weighted by Crippen LogP contribution is 2.12. The summed E-state index contributed by atoms with van der Waals surface area (Å²) in [4.78, 5) is 10.2. The second-order valence-electron chi connectivity index (χ2n) is 4.16. The number of nitrogens with zero attached hydrogens (tertiary/aromatic N) is 1. The summed E-state index contributed by atoms with van der Waals surface area (Å²) in [6.45, 7) is 4.38. The highest BCUT2D eigenvalue weighted by molar-refractivity contribution is 5.34. The van der Waals surface area contributed by atoms with Crippen LogP contribution in [0.1, 0.15) is 12.5 Å². The summed E-state index contributed by atoms with van der Waals surface area (Å²) in [5.41, 5.74) is 1.00. The van der Waals surface area contributed by atoms with E-state index in [2.05, 4.69) is 10.6 Å². The van der Waals surface area contributed by atoms with Gasteiger partial charge in [0.2, 0.25) is 0 Å². The number of rotatable bonds is 8. The molecule has 0 bridgehead atoms. The molecule has 0 aromatic heterocycles. The van der Waals surface area contributed by atoms with Crippen molar-refractivity contribution in [3.8, 4) is 0 Å². The first-order valence-electron chi connectivity index (χ1n) is 5.92. The predicted octanol–water partition coefficient (Wildman–Crippen LogP) is 0.655. The van der Waals surface area contributed by atoms with E-state index in [0.29, 0.717) is 13.1 Å². The molecule has 0 amide bonds. The smallest absolute Gasteiger partial charge is 0.269 e. The van der Waals surface area contributed by atoms with Gasteiger partial charge in [0.05, 0.1) is 11.0 Å². The highest BCUT2D eigenvalue weighted by Gasteiger charge is 2.04. The molecule has 0 aliphatic rings. The van der Waals surface area contributed by atoms with Crippen molar-refractivity contribution >= 4 is 5.69 Å². The van der Waals surface area contributed by atoms with Crippen LogP contribution in [0.3, 0.4) is 0 Å². The van der Waals surface area contributed by atoms with Crippen molar-refractivity contribution in [2.75, 3.05) is 19.6 Å². The van der Waals surface area contributed by atoms with Gasteiger partial charge < -0.3 is 15.7 Å². The van der Waals surface area contributed by atoms with E-state index in [0.717, 1.165) is 18.7 Å². The lowest BCUT2D eigenvalue weighted by atomic mass is 10.2. The Bertz CT molecular complexity index is 383. The van der Waals surface area contributed by atoms with E-state index < -0.39 is 4.92 Å². The van der Waals surface area contributed by atoms with E-state index in [-0.39, 0.29) is 11.8 Å².